The number of amides is 1. The topological polar surface area (TPSA) is 42.0 Å². The van der Waals surface area contributed by atoms with Crippen molar-refractivity contribution < 1.29 is 13.6 Å². The predicted octanol–water partition coefficient (Wildman–Crippen LogP) is 4.79. The Morgan fingerprint density at radius 2 is 1.95 bits per heavy atom. The molecule has 0 atom stereocenters. The Bertz CT molecular complexity index is 895. The third kappa shape index (κ3) is 2.80. The molecule has 112 valence electrons. The zero-order chi connectivity index (χ0) is 15.9. The van der Waals surface area contributed by atoms with E-state index in [1.165, 1.54) is 11.3 Å². The van der Waals surface area contributed by atoms with E-state index in [2.05, 4.69) is 10.3 Å². The van der Waals surface area contributed by atoms with Crippen molar-refractivity contribution in [2.45, 2.75) is 6.92 Å². The molecule has 0 unspecified atom stereocenters. The van der Waals surface area contributed by atoms with Crippen LogP contribution in [0.1, 0.15) is 15.9 Å². The van der Waals surface area contributed by atoms with Crippen molar-refractivity contribution in [3.8, 4) is 0 Å². The van der Waals surface area contributed by atoms with Crippen LogP contribution in [0.2, 0.25) is 5.02 Å². The van der Waals surface area contributed by atoms with Crippen molar-refractivity contribution in [1.29, 1.82) is 0 Å². The monoisotopic (exact) mass is 338 g/mol. The van der Waals surface area contributed by atoms with Crippen LogP contribution in [0, 0.1) is 18.6 Å². The summed E-state index contributed by atoms with van der Waals surface area (Å²) in [4.78, 5) is 16.4. The highest BCUT2D eigenvalue weighted by atomic mass is 35.5. The van der Waals surface area contributed by atoms with Gasteiger partial charge in [-0.1, -0.05) is 29.0 Å². The van der Waals surface area contributed by atoms with E-state index in [-0.39, 0.29) is 10.6 Å². The maximum absolute atomic E-state index is 13.2. The number of thiazole rings is 1. The Kier molecular flexibility index (Phi) is 3.80. The summed E-state index contributed by atoms with van der Waals surface area (Å²) in [6.45, 7) is 1.96. The quantitative estimate of drug-likeness (QED) is 0.683. The number of hydrogen-bond acceptors (Lipinski definition) is 3. The molecule has 1 amide bonds. The molecule has 22 heavy (non-hydrogen) atoms. The maximum Gasteiger partial charge on any atom is 0.259 e. The van der Waals surface area contributed by atoms with Crippen molar-refractivity contribution in [2.24, 2.45) is 0 Å². The zero-order valence-corrected chi connectivity index (χ0v) is 12.9. The minimum absolute atomic E-state index is 0.143. The van der Waals surface area contributed by atoms with Crippen LogP contribution >= 0.6 is 22.9 Å². The molecule has 3 aromatic rings. The van der Waals surface area contributed by atoms with Crippen LogP contribution < -0.4 is 5.32 Å². The molecule has 0 aliphatic heterocycles. The standard InChI is InChI=1S/C15H9ClF2N2OS/c1-7-2-3-12-13(4-7)22-15(19-12)20-14(21)8-5-10(17)11(18)6-9(8)16/h2-6H,1H3,(H,19,20,21). The number of aromatic nitrogens is 1. The third-order valence-electron chi connectivity index (χ3n) is 3.02. The van der Waals surface area contributed by atoms with Gasteiger partial charge in [0.25, 0.3) is 5.91 Å². The van der Waals surface area contributed by atoms with Crippen molar-refractivity contribution >= 4 is 44.2 Å². The Hall–Kier alpha value is -2.05. The predicted molar refractivity (Wildman–Crippen MR) is 83.7 cm³/mol. The fourth-order valence-corrected chi connectivity index (χ4v) is 3.14. The number of aryl methyl sites for hydroxylation is 1. The van der Waals surface area contributed by atoms with Gasteiger partial charge in [-0.15, -0.1) is 0 Å². The van der Waals surface area contributed by atoms with Gasteiger partial charge in [0.1, 0.15) is 0 Å². The van der Waals surface area contributed by atoms with Gasteiger partial charge < -0.3 is 0 Å². The molecule has 3 rings (SSSR count). The van der Waals surface area contributed by atoms with E-state index in [4.69, 9.17) is 11.6 Å². The lowest BCUT2D eigenvalue weighted by molar-refractivity contribution is 0.102. The molecule has 0 bridgehead atoms. The number of carbonyl (C=O) groups is 1. The molecule has 1 N–H and O–H groups in total. The zero-order valence-electron chi connectivity index (χ0n) is 11.3. The van der Waals surface area contributed by atoms with E-state index in [9.17, 15) is 13.6 Å². The van der Waals surface area contributed by atoms with Crippen LogP contribution in [-0.4, -0.2) is 10.9 Å². The first-order valence-electron chi connectivity index (χ1n) is 6.27. The summed E-state index contributed by atoms with van der Waals surface area (Å²) in [7, 11) is 0. The number of rotatable bonds is 2. The molecule has 1 heterocycles. The number of benzene rings is 2. The summed E-state index contributed by atoms with van der Waals surface area (Å²) in [5, 5.41) is 2.76. The molecular weight excluding hydrogens is 330 g/mol. The van der Waals surface area contributed by atoms with Crippen LogP contribution in [0.15, 0.2) is 30.3 Å². The molecule has 0 aliphatic carbocycles. The highest BCUT2D eigenvalue weighted by Crippen LogP contribution is 2.28. The minimum Gasteiger partial charge on any atom is -0.298 e. The van der Waals surface area contributed by atoms with Crippen molar-refractivity contribution in [3.63, 3.8) is 0 Å². The SMILES string of the molecule is Cc1ccc2nc(NC(=O)c3cc(F)c(F)cc3Cl)sc2c1. The van der Waals surface area contributed by atoms with Gasteiger partial charge in [0.05, 0.1) is 20.8 Å². The molecule has 0 spiro atoms. The molecule has 1 aromatic heterocycles. The molecule has 0 aliphatic rings. The molecule has 2 aromatic carbocycles. The Morgan fingerprint density at radius 3 is 2.73 bits per heavy atom. The summed E-state index contributed by atoms with van der Waals surface area (Å²) >= 11 is 7.07. The van der Waals surface area contributed by atoms with E-state index in [0.29, 0.717) is 5.13 Å². The van der Waals surface area contributed by atoms with E-state index in [1.54, 1.807) is 0 Å². The Balaban J connectivity index is 1.91. The van der Waals surface area contributed by atoms with Crippen molar-refractivity contribution in [2.75, 3.05) is 5.32 Å². The summed E-state index contributed by atoms with van der Waals surface area (Å²) < 4.78 is 27.2. The number of halogens is 3. The van der Waals surface area contributed by atoms with E-state index >= 15 is 0 Å². The lowest BCUT2D eigenvalue weighted by Gasteiger charge is -2.04. The molecule has 0 saturated heterocycles. The average Bonchev–Trinajstić information content (AvgIpc) is 2.83. The summed E-state index contributed by atoms with van der Waals surface area (Å²) in [5.74, 6) is -2.87. The van der Waals surface area contributed by atoms with Gasteiger partial charge >= 0.3 is 0 Å². The van der Waals surface area contributed by atoms with Crippen molar-refractivity contribution in [3.05, 3.63) is 58.1 Å². The van der Waals surface area contributed by atoms with Crippen LogP contribution in [0.4, 0.5) is 13.9 Å². The smallest absolute Gasteiger partial charge is 0.259 e. The average molecular weight is 339 g/mol. The molecule has 3 nitrogen and oxygen atoms in total. The number of fused-ring (bicyclic) bond motifs is 1. The molecule has 7 heteroatoms. The lowest BCUT2D eigenvalue weighted by Crippen LogP contribution is -2.13. The highest BCUT2D eigenvalue weighted by molar-refractivity contribution is 7.22. The van der Waals surface area contributed by atoms with Crippen LogP contribution in [-0.2, 0) is 0 Å². The van der Waals surface area contributed by atoms with Gasteiger partial charge in [0, 0.05) is 0 Å². The molecule has 0 radical (unpaired) electrons. The van der Waals surface area contributed by atoms with Gasteiger partial charge in [0.2, 0.25) is 0 Å². The molecular formula is C15H9ClF2N2OS. The second-order valence-corrected chi connectivity index (χ2v) is 6.13. The summed E-state index contributed by atoms with van der Waals surface area (Å²) in [6, 6.07) is 7.26. The van der Waals surface area contributed by atoms with Crippen LogP contribution in [0.3, 0.4) is 0 Å². The maximum atomic E-state index is 13.2. The first-order valence-corrected chi connectivity index (χ1v) is 7.46. The second-order valence-electron chi connectivity index (χ2n) is 4.69. The van der Waals surface area contributed by atoms with Gasteiger partial charge in [0.15, 0.2) is 16.8 Å². The number of carbonyl (C=O) groups excluding carboxylic acids is 1. The molecule has 0 saturated carbocycles. The number of hydrogen-bond donors (Lipinski definition) is 1. The number of anilines is 1. The third-order valence-corrected chi connectivity index (χ3v) is 4.27. The minimum atomic E-state index is -1.13. The fourth-order valence-electron chi connectivity index (χ4n) is 1.95. The van der Waals surface area contributed by atoms with Crippen LogP contribution in [0.25, 0.3) is 10.2 Å². The van der Waals surface area contributed by atoms with Gasteiger partial charge in [-0.05, 0) is 36.8 Å². The van der Waals surface area contributed by atoms with Gasteiger partial charge in [-0.2, -0.15) is 0 Å². The second kappa shape index (κ2) is 5.62. The van der Waals surface area contributed by atoms with Gasteiger partial charge in [-0.3, -0.25) is 10.1 Å². The summed E-state index contributed by atoms with van der Waals surface area (Å²) in [5.41, 5.74) is 1.69. The normalized spacial score (nSPS) is 10.9. The van der Waals surface area contributed by atoms with E-state index < -0.39 is 17.5 Å². The number of nitrogens with zero attached hydrogens (tertiary/aromatic N) is 1. The van der Waals surface area contributed by atoms with Gasteiger partial charge in [-0.25, -0.2) is 13.8 Å². The molecule has 0 fully saturated rings. The van der Waals surface area contributed by atoms with Crippen molar-refractivity contribution in [1.82, 2.24) is 4.98 Å². The van der Waals surface area contributed by atoms with Crippen LogP contribution in [0.5, 0.6) is 0 Å². The first kappa shape index (κ1) is 14.9. The highest BCUT2D eigenvalue weighted by Gasteiger charge is 2.16. The Morgan fingerprint density at radius 1 is 1.23 bits per heavy atom. The Labute approximate surface area is 133 Å². The van der Waals surface area contributed by atoms with E-state index in [1.807, 2.05) is 25.1 Å². The first-order chi connectivity index (χ1) is 10.4. The number of nitrogens with one attached hydrogen (secondary N) is 1. The lowest BCUT2D eigenvalue weighted by atomic mass is 10.2. The summed E-state index contributed by atoms with van der Waals surface area (Å²) in [6.07, 6.45) is 0. The largest absolute Gasteiger partial charge is 0.298 e. The van der Waals surface area contributed by atoms with E-state index in [0.717, 1.165) is 27.9 Å². The fraction of sp³-hybridized carbons (Fsp3) is 0.0667.